The number of amides is 1. The molecule has 0 fully saturated rings. The van der Waals surface area contributed by atoms with Gasteiger partial charge in [-0.2, -0.15) is 0 Å². The van der Waals surface area contributed by atoms with Crippen molar-refractivity contribution in [1.82, 2.24) is 10.2 Å². The van der Waals surface area contributed by atoms with Crippen molar-refractivity contribution < 1.29 is 4.79 Å². The third-order valence-electron chi connectivity index (χ3n) is 2.39. The first-order valence-corrected chi connectivity index (χ1v) is 6.75. The highest BCUT2D eigenvalue weighted by molar-refractivity contribution is 14.1. The first-order chi connectivity index (χ1) is 7.99. The van der Waals surface area contributed by atoms with Gasteiger partial charge in [-0.25, -0.2) is 0 Å². The van der Waals surface area contributed by atoms with E-state index in [-0.39, 0.29) is 5.91 Å². The van der Waals surface area contributed by atoms with Gasteiger partial charge in [0.1, 0.15) is 0 Å². The van der Waals surface area contributed by atoms with Gasteiger partial charge in [0.25, 0.3) is 5.91 Å². The van der Waals surface area contributed by atoms with Crippen LogP contribution in [-0.2, 0) is 0 Å². The van der Waals surface area contributed by atoms with E-state index in [2.05, 4.69) is 39.7 Å². The van der Waals surface area contributed by atoms with E-state index in [4.69, 9.17) is 0 Å². The van der Waals surface area contributed by atoms with Crippen molar-refractivity contribution in [2.45, 2.75) is 6.92 Å². The summed E-state index contributed by atoms with van der Waals surface area (Å²) in [7, 11) is 4.08. The van der Waals surface area contributed by atoms with E-state index < -0.39 is 0 Å². The Kier molecular flexibility index (Phi) is 5.91. The van der Waals surface area contributed by atoms with Gasteiger partial charge in [0.2, 0.25) is 0 Å². The van der Waals surface area contributed by atoms with Gasteiger partial charge in [0.15, 0.2) is 0 Å². The first-order valence-electron chi connectivity index (χ1n) is 5.67. The molecule has 1 atom stereocenters. The fourth-order valence-corrected chi connectivity index (χ4v) is 2.02. The van der Waals surface area contributed by atoms with E-state index >= 15 is 0 Å². The zero-order valence-electron chi connectivity index (χ0n) is 10.5. The van der Waals surface area contributed by atoms with Crippen LogP contribution >= 0.6 is 22.6 Å². The van der Waals surface area contributed by atoms with Crippen molar-refractivity contribution in [3.8, 4) is 0 Å². The molecule has 1 aromatic carbocycles. The van der Waals surface area contributed by atoms with Gasteiger partial charge < -0.3 is 10.2 Å². The quantitative estimate of drug-likeness (QED) is 0.830. The van der Waals surface area contributed by atoms with Crippen LogP contribution in [0.4, 0.5) is 0 Å². The maximum Gasteiger partial charge on any atom is 0.251 e. The molecule has 0 bridgehead atoms. The van der Waals surface area contributed by atoms with Crippen LogP contribution in [0.1, 0.15) is 17.3 Å². The van der Waals surface area contributed by atoms with Gasteiger partial charge in [0.05, 0.1) is 0 Å². The molecule has 0 aliphatic heterocycles. The lowest BCUT2D eigenvalue weighted by molar-refractivity contribution is 0.0946. The molecule has 0 saturated carbocycles. The second kappa shape index (κ2) is 6.96. The maximum atomic E-state index is 11.8. The van der Waals surface area contributed by atoms with E-state index in [1.165, 1.54) is 0 Å². The third-order valence-corrected chi connectivity index (χ3v) is 3.11. The molecule has 4 heteroatoms. The van der Waals surface area contributed by atoms with Gasteiger partial charge in [-0.1, -0.05) is 6.92 Å². The molecule has 0 aliphatic rings. The van der Waals surface area contributed by atoms with Gasteiger partial charge in [-0.3, -0.25) is 4.79 Å². The normalized spacial score (nSPS) is 12.5. The van der Waals surface area contributed by atoms with Gasteiger partial charge >= 0.3 is 0 Å². The summed E-state index contributed by atoms with van der Waals surface area (Å²) in [6, 6.07) is 7.60. The molecule has 1 unspecified atom stereocenters. The molecule has 0 saturated heterocycles. The summed E-state index contributed by atoms with van der Waals surface area (Å²) in [4.78, 5) is 13.9. The predicted molar refractivity (Wildman–Crippen MR) is 79.2 cm³/mol. The summed E-state index contributed by atoms with van der Waals surface area (Å²) in [5.41, 5.74) is 0.725. The fourth-order valence-electron chi connectivity index (χ4n) is 1.66. The van der Waals surface area contributed by atoms with Crippen molar-refractivity contribution in [3.63, 3.8) is 0 Å². The fraction of sp³-hybridized carbons (Fsp3) is 0.462. The molecule has 0 radical (unpaired) electrons. The lowest BCUT2D eigenvalue weighted by Gasteiger charge is -2.17. The lowest BCUT2D eigenvalue weighted by atomic mass is 10.1. The van der Waals surface area contributed by atoms with Crippen molar-refractivity contribution in [3.05, 3.63) is 33.4 Å². The predicted octanol–water partition coefficient (Wildman–Crippen LogP) is 2.22. The summed E-state index contributed by atoms with van der Waals surface area (Å²) < 4.78 is 1.14. The summed E-state index contributed by atoms with van der Waals surface area (Å²) in [5.74, 6) is 0.463. The Labute approximate surface area is 117 Å². The van der Waals surface area contributed by atoms with Crippen LogP contribution in [0.15, 0.2) is 24.3 Å². The van der Waals surface area contributed by atoms with Gasteiger partial charge in [-0.15, -0.1) is 0 Å². The molecule has 3 nitrogen and oxygen atoms in total. The van der Waals surface area contributed by atoms with Crippen LogP contribution in [-0.4, -0.2) is 38.0 Å². The Morgan fingerprint density at radius 3 is 2.47 bits per heavy atom. The standard InChI is InChI=1S/C13H19IN2O/c1-10(9-16(2)3)8-15-13(17)11-4-6-12(14)7-5-11/h4-7,10H,8-9H2,1-3H3,(H,15,17). The van der Waals surface area contributed by atoms with Crippen molar-refractivity contribution in [2.24, 2.45) is 5.92 Å². The van der Waals surface area contributed by atoms with E-state index in [9.17, 15) is 4.79 Å². The molecule has 0 aromatic heterocycles. The highest BCUT2D eigenvalue weighted by Gasteiger charge is 2.08. The molecule has 17 heavy (non-hydrogen) atoms. The molecule has 94 valence electrons. The molecule has 0 spiro atoms. The van der Waals surface area contributed by atoms with E-state index in [1.807, 2.05) is 38.4 Å². The zero-order valence-corrected chi connectivity index (χ0v) is 12.7. The van der Waals surface area contributed by atoms with E-state index in [0.29, 0.717) is 12.5 Å². The highest BCUT2D eigenvalue weighted by Crippen LogP contribution is 2.06. The summed E-state index contributed by atoms with van der Waals surface area (Å²) >= 11 is 2.23. The Morgan fingerprint density at radius 1 is 1.35 bits per heavy atom. The smallest absolute Gasteiger partial charge is 0.251 e. The second-order valence-electron chi connectivity index (χ2n) is 4.58. The molecule has 1 rings (SSSR count). The minimum absolute atomic E-state index is 0.00649. The summed E-state index contributed by atoms with van der Waals surface area (Å²) in [6.45, 7) is 3.82. The molecule has 0 heterocycles. The van der Waals surface area contributed by atoms with Gasteiger partial charge in [0, 0.05) is 22.2 Å². The maximum absolute atomic E-state index is 11.8. The number of nitrogens with zero attached hydrogens (tertiary/aromatic N) is 1. The van der Waals surface area contributed by atoms with Crippen LogP contribution < -0.4 is 5.32 Å². The minimum Gasteiger partial charge on any atom is -0.352 e. The van der Waals surface area contributed by atoms with Crippen LogP contribution in [0, 0.1) is 9.49 Å². The largest absolute Gasteiger partial charge is 0.352 e. The highest BCUT2D eigenvalue weighted by atomic mass is 127. The monoisotopic (exact) mass is 346 g/mol. The number of rotatable bonds is 5. The zero-order chi connectivity index (χ0) is 12.8. The van der Waals surface area contributed by atoms with Crippen molar-refractivity contribution >= 4 is 28.5 Å². The molecular formula is C13H19IN2O. The average molecular weight is 346 g/mol. The van der Waals surface area contributed by atoms with Crippen LogP contribution in [0.3, 0.4) is 0 Å². The second-order valence-corrected chi connectivity index (χ2v) is 5.83. The van der Waals surface area contributed by atoms with Crippen molar-refractivity contribution in [1.29, 1.82) is 0 Å². The minimum atomic E-state index is 0.00649. The Bertz CT molecular complexity index is 362. The van der Waals surface area contributed by atoms with Crippen molar-refractivity contribution in [2.75, 3.05) is 27.2 Å². The topological polar surface area (TPSA) is 32.3 Å². The summed E-state index contributed by atoms with van der Waals surface area (Å²) in [5, 5.41) is 2.96. The lowest BCUT2D eigenvalue weighted by Crippen LogP contribution is -2.32. The van der Waals surface area contributed by atoms with Crippen LogP contribution in [0.5, 0.6) is 0 Å². The van der Waals surface area contributed by atoms with E-state index in [0.717, 1.165) is 15.7 Å². The number of carbonyl (C=O) groups is 1. The average Bonchev–Trinajstić information content (AvgIpc) is 2.26. The number of carbonyl (C=O) groups excluding carboxylic acids is 1. The third kappa shape index (κ3) is 5.50. The Morgan fingerprint density at radius 2 is 1.94 bits per heavy atom. The number of hydrogen-bond donors (Lipinski definition) is 1. The SMILES string of the molecule is CC(CNC(=O)c1ccc(I)cc1)CN(C)C. The van der Waals surface area contributed by atoms with E-state index in [1.54, 1.807) is 0 Å². The number of hydrogen-bond acceptors (Lipinski definition) is 2. The first kappa shape index (κ1) is 14.4. The molecule has 1 amide bonds. The molecule has 1 aromatic rings. The number of halogens is 1. The molecular weight excluding hydrogens is 327 g/mol. The van der Waals surface area contributed by atoms with Gasteiger partial charge in [-0.05, 0) is 66.9 Å². The summed E-state index contributed by atoms with van der Waals surface area (Å²) in [6.07, 6.45) is 0. The van der Waals surface area contributed by atoms with Crippen LogP contribution in [0.2, 0.25) is 0 Å². The number of nitrogens with one attached hydrogen (secondary N) is 1. The van der Waals surface area contributed by atoms with Crippen LogP contribution in [0.25, 0.3) is 0 Å². The Hall–Kier alpha value is -0.620. The molecule has 1 N–H and O–H groups in total. The molecule has 0 aliphatic carbocycles. The Balaban J connectivity index is 2.42. The number of benzene rings is 1.